The summed E-state index contributed by atoms with van der Waals surface area (Å²) in [5.74, 6) is 0. The van der Waals surface area contributed by atoms with Crippen LogP contribution in [0.3, 0.4) is 0 Å². The highest BCUT2D eigenvalue weighted by Crippen LogP contribution is 2.36. The fourth-order valence-corrected chi connectivity index (χ4v) is 3.32. The molecule has 1 aromatic heterocycles. The number of aliphatic hydroxyl groups is 1. The van der Waals surface area contributed by atoms with E-state index in [-0.39, 0.29) is 5.56 Å². The third kappa shape index (κ3) is 3.01. The minimum absolute atomic E-state index is 0.198. The third-order valence-corrected chi connectivity index (χ3v) is 4.63. The van der Waals surface area contributed by atoms with Crippen molar-refractivity contribution < 1.29 is 22.9 Å². The number of anilines is 1. The fourth-order valence-electron chi connectivity index (χ4n) is 3.32. The van der Waals surface area contributed by atoms with Crippen molar-refractivity contribution >= 4 is 16.7 Å². The average molecular weight is 363 g/mol. The van der Waals surface area contributed by atoms with E-state index in [1.165, 1.54) is 18.2 Å². The van der Waals surface area contributed by atoms with Gasteiger partial charge in [0.15, 0.2) is 11.6 Å². The number of fused-ring (bicyclic) bond motifs is 1. The van der Waals surface area contributed by atoms with Crippen molar-refractivity contribution in [1.82, 2.24) is 10.3 Å². The maximum Gasteiger partial charge on any atom is 0.418 e. The minimum atomic E-state index is -4.71. The van der Waals surface area contributed by atoms with E-state index in [4.69, 9.17) is 4.63 Å². The number of nitrogens with zero attached hydrogens (tertiary/aromatic N) is 3. The summed E-state index contributed by atoms with van der Waals surface area (Å²) in [7, 11) is 0. The molecule has 1 N–H and O–H groups in total. The molecule has 136 valence electrons. The Kier molecular flexibility index (Phi) is 4.07. The van der Waals surface area contributed by atoms with Crippen LogP contribution in [0, 0.1) is 0 Å². The molecule has 1 unspecified atom stereocenters. The number of aromatic nitrogens is 2. The first-order chi connectivity index (χ1) is 12.4. The van der Waals surface area contributed by atoms with Crippen molar-refractivity contribution in [3.63, 3.8) is 0 Å². The van der Waals surface area contributed by atoms with Crippen molar-refractivity contribution in [1.29, 1.82) is 0 Å². The Morgan fingerprint density at radius 1 is 1.04 bits per heavy atom. The zero-order valence-electron chi connectivity index (χ0n) is 13.7. The molecule has 0 amide bonds. The van der Waals surface area contributed by atoms with Gasteiger partial charge in [0.25, 0.3) is 0 Å². The first-order valence-corrected chi connectivity index (χ1v) is 8.30. The Labute approximate surface area is 147 Å². The summed E-state index contributed by atoms with van der Waals surface area (Å²) < 4.78 is 43.3. The average Bonchev–Trinajstić information content (AvgIpc) is 3.31. The summed E-state index contributed by atoms with van der Waals surface area (Å²) in [4.78, 5) is 2.17. The maximum absolute atomic E-state index is 12.8. The largest absolute Gasteiger partial charge is 0.418 e. The Balaban J connectivity index is 1.79. The SMILES string of the molecule is OC(c1cccc(-c2cc(N3CCCC3)c3nonc3c2)c1)C(F)(F)F. The molecule has 5 nitrogen and oxygen atoms in total. The molecular formula is C18H16F3N3O2. The highest BCUT2D eigenvalue weighted by atomic mass is 19.4. The highest BCUT2D eigenvalue weighted by Gasteiger charge is 2.39. The Morgan fingerprint density at radius 3 is 2.54 bits per heavy atom. The smallest absolute Gasteiger partial charge is 0.379 e. The van der Waals surface area contributed by atoms with E-state index in [1.807, 2.05) is 6.07 Å². The molecule has 3 aromatic rings. The van der Waals surface area contributed by atoms with Crippen molar-refractivity contribution in [3.05, 3.63) is 42.0 Å². The molecule has 0 radical (unpaired) electrons. The van der Waals surface area contributed by atoms with Crippen LogP contribution in [-0.4, -0.2) is 34.7 Å². The van der Waals surface area contributed by atoms with Gasteiger partial charge in [-0.15, -0.1) is 0 Å². The summed E-state index contributed by atoms with van der Waals surface area (Å²) in [6.45, 7) is 1.77. The standard InChI is InChI=1S/C18H16F3N3O2/c19-18(20,21)17(25)12-5-3-4-11(8-12)13-9-14-16(23-26-22-14)15(10-13)24-6-1-2-7-24/h3-5,8-10,17,25H,1-2,6-7H2. The van der Waals surface area contributed by atoms with E-state index >= 15 is 0 Å². The molecule has 26 heavy (non-hydrogen) atoms. The number of benzene rings is 2. The fraction of sp³-hybridized carbons (Fsp3) is 0.333. The van der Waals surface area contributed by atoms with Crippen LogP contribution in [0.5, 0.6) is 0 Å². The van der Waals surface area contributed by atoms with E-state index < -0.39 is 12.3 Å². The number of halogens is 3. The van der Waals surface area contributed by atoms with Gasteiger partial charge in [-0.1, -0.05) is 18.2 Å². The molecule has 4 rings (SSSR count). The van der Waals surface area contributed by atoms with Crippen LogP contribution < -0.4 is 4.90 Å². The molecule has 0 spiro atoms. The summed E-state index contributed by atoms with van der Waals surface area (Å²) in [6.07, 6.45) is -5.08. The normalized spacial score (nSPS) is 16.4. The molecule has 0 saturated carbocycles. The van der Waals surface area contributed by atoms with Gasteiger partial charge in [-0.05, 0) is 58.0 Å². The summed E-state index contributed by atoms with van der Waals surface area (Å²) in [5.41, 5.74) is 3.12. The zero-order chi connectivity index (χ0) is 18.3. The van der Waals surface area contributed by atoms with Crippen LogP contribution >= 0.6 is 0 Å². The molecule has 1 aliphatic heterocycles. The predicted molar refractivity (Wildman–Crippen MR) is 89.7 cm³/mol. The second-order valence-electron chi connectivity index (χ2n) is 6.39. The predicted octanol–water partition coefficient (Wildman–Crippen LogP) is 4.09. The van der Waals surface area contributed by atoms with Crippen LogP contribution in [0.25, 0.3) is 22.2 Å². The lowest BCUT2D eigenvalue weighted by molar-refractivity contribution is -0.206. The third-order valence-electron chi connectivity index (χ3n) is 4.63. The maximum atomic E-state index is 12.8. The molecule has 8 heteroatoms. The van der Waals surface area contributed by atoms with E-state index in [9.17, 15) is 18.3 Å². The topological polar surface area (TPSA) is 62.4 Å². The highest BCUT2D eigenvalue weighted by molar-refractivity contribution is 5.92. The van der Waals surface area contributed by atoms with Gasteiger partial charge in [0.05, 0.1) is 5.69 Å². The van der Waals surface area contributed by atoms with E-state index in [2.05, 4.69) is 15.2 Å². The molecule has 1 fully saturated rings. The van der Waals surface area contributed by atoms with Crippen LogP contribution in [0.4, 0.5) is 18.9 Å². The zero-order valence-corrected chi connectivity index (χ0v) is 13.7. The molecular weight excluding hydrogens is 347 g/mol. The van der Waals surface area contributed by atoms with Gasteiger partial charge in [0.2, 0.25) is 0 Å². The Morgan fingerprint density at radius 2 is 1.81 bits per heavy atom. The van der Waals surface area contributed by atoms with Gasteiger partial charge in [0.1, 0.15) is 5.52 Å². The first kappa shape index (κ1) is 16.8. The van der Waals surface area contributed by atoms with Crippen LogP contribution in [0.1, 0.15) is 24.5 Å². The van der Waals surface area contributed by atoms with Crippen molar-refractivity contribution in [3.8, 4) is 11.1 Å². The van der Waals surface area contributed by atoms with E-state index in [0.717, 1.165) is 31.6 Å². The number of rotatable bonds is 3. The number of hydrogen-bond acceptors (Lipinski definition) is 5. The molecule has 0 aliphatic carbocycles. The van der Waals surface area contributed by atoms with Crippen molar-refractivity contribution in [2.75, 3.05) is 18.0 Å². The minimum Gasteiger partial charge on any atom is -0.379 e. The van der Waals surface area contributed by atoms with Gasteiger partial charge < -0.3 is 10.0 Å². The van der Waals surface area contributed by atoms with Crippen LogP contribution in [0.15, 0.2) is 41.0 Å². The molecule has 2 heterocycles. The van der Waals surface area contributed by atoms with Crippen molar-refractivity contribution in [2.45, 2.75) is 25.1 Å². The summed E-state index contributed by atoms with van der Waals surface area (Å²) in [6, 6.07) is 9.43. The molecule has 1 atom stereocenters. The molecule has 2 aromatic carbocycles. The van der Waals surface area contributed by atoms with Gasteiger partial charge in [-0.2, -0.15) is 13.2 Å². The van der Waals surface area contributed by atoms with Crippen LogP contribution in [-0.2, 0) is 0 Å². The molecule has 1 saturated heterocycles. The number of aliphatic hydroxyl groups excluding tert-OH is 1. The summed E-state index contributed by atoms with van der Waals surface area (Å²) in [5, 5.41) is 17.4. The second kappa shape index (κ2) is 6.28. The summed E-state index contributed by atoms with van der Waals surface area (Å²) >= 11 is 0. The van der Waals surface area contributed by atoms with Gasteiger partial charge in [0, 0.05) is 13.1 Å². The molecule has 1 aliphatic rings. The quantitative estimate of drug-likeness (QED) is 0.760. The van der Waals surface area contributed by atoms with Gasteiger partial charge in [-0.3, -0.25) is 0 Å². The first-order valence-electron chi connectivity index (χ1n) is 8.30. The van der Waals surface area contributed by atoms with Gasteiger partial charge in [-0.25, -0.2) is 4.63 Å². The van der Waals surface area contributed by atoms with Crippen LogP contribution in [0.2, 0.25) is 0 Å². The Hall–Kier alpha value is -2.61. The number of alkyl halides is 3. The van der Waals surface area contributed by atoms with E-state index in [0.29, 0.717) is 22.2 Å². The lowest BCUT2D eigenvalue weighted by Gasteiger charge is -2.19. The lowest BCUT2D eigenvalue weighted by atomic mass is 9.99. The van der Waals surface area contributed by atoms with Gasteiger partial charge >= 0.3 is 6.18 Å². The Bertz CT molecular complexity index is 933. The monoisotopic (exact) mass is 363 g/mol. The lowest BCUT2D eigenvalue weighted by Crippen LogP contribution is -2.20. The van der Waals surface area contributed by atoms with E-state index in [1.54, 1.807) is 12.1 Å². The van der Waals surface area contributed by atoms with Crippen molar-refractivity contribution in [2.24, 2.45) is 0 Å². The molecule has 0 bridgehead atoms. The second-order valence-corrected chi connectivity index (χ2v) is 6.39. The number of hydrogen-bond donors (Lipinski definition) is 1.